The van der Waals surface area contributed by atoms with Crippen LogP contribution >= 0.6 is 12.4 Å². The van der Waals surface area contributed by atoms with Crippen LogP contribution in [0.5, 0.6) is 0 Å². The van der Waals surface area contributed by atoms with Crippen LogP contribution in [-0.4, -0.2) is 48.5 Å². The third-order valence-electron chi connectivity index (χ3n) is 2.67. The zero-order valence-electron chi connectivity index (χ0n) is 12.4. The monoisotopic (exact) mass is 315 g/mol. The molecule has 6 nitrogen and oxygen atoms in total. The van der Waals surface area contributed by atoms with Crippen LogP contribution in [0, 0.1) is 0 Å². The van der Waals surface area contributed by atoms with Gasteiger partial charge in [-0.1, -0.05) is 6.07 Å². The number of carbonyl (C=O) groups excluding carboxylic acids is 2. The van der Waals surface area contributed by atoms with Crippen molar-refractivity contribution >= 4 is 24.3 Å². The number of carbonyl (C=O) groups is 2. The summed E-state index contributed by atoms with van der Waals surface area (Å²) < 4.78 is 4.88. The van der Waals surface area contributed by atoms with E-state index in [1.807, 2.05) is 12.1 Å². The Hall–Kier alpha value is -1.66. The molecule has 1 N–H and O–H groups in total. The quantitative estimate of drug-likeness (QED) is 0.725. The van der Waals surface area contributed by atoms with Crippen molar-refractivity contribution in [3.63, 3.8) is 0 Å². The molecular weight excluding hydrogens is 294 g/mol. The molecule has 0 spiro atoms. The highest BCUT2D eigenvalue weighted by Gasteiger charge is 2.15. The van der Waals surface area contributed by atoms with Gasteiger partial charge in [0.15, 0.2) is 0 Å². The summed E-state index contributed by atoms with van der Waals surface area (Å²) in [5, 5.41) is 2.82. The van der Waals surface area contributed by atoms with Crippen LogP contribution in [0.3, 0.4) is 0 Å². The molecule has 118 valence electrons. The van der Waals surface area contributed by atoms with Crippen molar-refractivity contribution in [2.75, 3.05) is 26.7 Å². The number of amides is 1. The van der Waals surface area contributed by atoms with Gasteiger partial charge in [0.05, 0.1) is 19.6 Å². The van der Waals surface area contributed by atoms with E-state index < -0.39 is 0 Å². The molecule has 21 heavy (non-hydrogen) atoms. The summed E-state index contributed by atoms with van der Waals surface area (Å²) in [4.78, 5) is 29.1. The first-order chi connectivity index (χ1) is 9.67. The van der Waals surface area contributed by atoms with E-state index in [1.165, 1.54) is 0 Å². The van der Waals surface area contributed by atoms with Crippen molar-refractivity contribution < 1.29 is 14.3 Å². The second kappa shape index (κ2) is 11.0. The van der Waals surface area contributed by atoms with Crippen LogP contribution in [0.25, 0.3) is 0 Å². The summed E-state index contributed by atoms with van der Waals surface area (Å²) in [5.74, 6) is -0.346. The Morgan fingerprint density at radius 1 is 1.43 bits per heavy atom. The van der Waals surface area contributed by atoms with Gasteiger partial charge in [-0.15, -0.1) is 12.4 Å². The highest BCUT2D eigenvalue weighted by molar-refractivity contribution is 5.85. The molecule has 0 aliphatic rings. The molecule has 0 saturated heterocycles. The van der Waals surface area contributed by atoms with Crippen LogP contribution in [-0.2, 0) is 20.9 Å². The number of halogens is 1. The number of rotatable bonds is 8. The van der Waals surface area contributed by atoms with Crippen LogP contribution in [0.15, 0.2) is 24.5 Å². The van der Waals surface area contributed by atoms with Gasteiger partial charge in [-0.2, -0.15) is 0 Å². The number of hydrogen-bond donors (Lipinski definition) is 1. The van der Waals surface area contributed by atoms with E-state index in [0.717, 1.165) is 5.56 Å². The average Bonchev–Trinajstić information content (AvgIpc) is 2.45. The first-order valence-corrected chi connectivity index (χ1v) is 6.64. The van der Waals surface area contributed by atoms with E-state index in [-0.39, 0.29) is 37.2 Å². The summed E-state index contributed by atoms with van der Waals surface area (Å²) in [6.07, 6.45) is 3.59. The minimum Gasteiger partial charge on any atom is -0.466 e. The maximum Gasteiger partial charge on any atom is 0.307 e. The number of aromatic nitrogens is 1. The Bertz CT molecular complexity index is 429. The van der Waals surface area contributed by atoms with Gasteiger partial charge < -0.3 is 15.0 Å². The fourth-order valence-electron chi connectivity index (χ4n) is 1.73. The smallest absolute Gasteiger partial charge is 0.307 e. The SMILES string of the molecule is CCOC(=O)CCN(Cc1cccnc1)C(=O)CNC.Cl. The molecule has 1 aromatic rings. The van der Waals surface area contributed by atoms with Gasteiger partial charge >= 0.3 is 5.97 Å². The lowest BCUT2D eigenvalue weighted by molar-refractivity contribution is -0.144. The Morgan fingerprint density at radius 3 is 2.76 bits per heavy atom. The van der Waals surface area contributed by atoms with Gasteiger partial charge in [0.25, 0.3) is 0 Å². The summed E-state index contributed by atoms with van der Waals surface area (Å²) in [6.45, 7) is 3.13. The number of esters is 1. The largest absolute Gasteiger partial charge is 0.466 e. The Balaban J connectivity index is 0.00000400. The zero-order valence-corrected chi connectivity index (χ0v) is 13.2. The first-order valence-electron chi connectivity index (χ1n) is 6.64. The van der Waals surface area contributed by atoms with Gasteiger partial charge in [-0.3, -0.25) is 14.6 Å². The van der Waals surface area contributed by atoms with Crippen LogP contribution in [0.4, 0.5) is 0 Å². The summed E-state index contributed by atoms with van der Waals surface area (Å²) in [5.41, 5.74) is 0.931. The molecule has 1 rings (SSSR count). The average molecular weight is 316 g/mol. The molecule has 7 heteroatoms. The van der Waals surface area contributed by atoms with Crippen molar-refractivity contribution in [1.82, 2.24) is 15.2 Å². The van der Waals surface area contributed by atoms with Crippen molar-refractivity contribution in [1.29, 1.82) is 0 Å². The molecule has 0 aromatic carbocycles. The number of likely N-dealkylation sites (N-methyl/N-ethyl adjacent to an activating group) is 1. The second-order valence-electron chi connectivity index (χ2n) is 4.26. The summed E-state index contributed by atoms with van der Waals surface area (Å²) in [6, 6.07) is 3.72. The molecule has 0 saturated carbocycles. The molecule has 0 radical (unpaired) electrons. The maximum atomic E-state index is 12.0. The Kier molecular flexibility index (Phi) is 10.2. The van der Waals surface area contributed by atoms with E-state index in [2.05, 4.69) is 10.3 Å². The van der Waals surface area contributed by atoms with E-state index in [1.54, 1.807) is 31.3 Å². The fraction of sp³-hybridized carbons (Fsp3) is 0.500. The molecular formula is C14H22ClN3O3. The number of pyridine rings is 1. The van der Waals surface area contributed by atoms with Gasteiger partial charge in [-0.05, 0) is 25.6 Å². The number of nitrogens with zero attached hydrogens (tertiary/aromatic N) is 2. The van der Waals surface area contributed by atoms with Crippen LogP contribution in [0.2, 0.25) is 0 Å². The maximum absolute atomic E-state index is 12.0. The van der Waals surface area contributed by atoms with Gasteiger partial charge in [0.1, 0.15) is 0 Å². The number of nitrogens with one attached hydrogen (secondary N) is 1. The van der Waals surface area contributed by atoms with Gasteiger partial charge in [-0.25, -0.2) is 0 Å². The molecule has 0 aliphatic carbocycles. The van der Waals surface area contributed by atoms with Crippen LogP contribution < -0.4 is 5.32 Å². The van der Waals surface area contributed by atoms with Gasteiger partial charge in [0.2, 0.25) is 5.91 Å². The topological polar surface area (TPSA) is 71.5 Å². The molecule has 1 heterocycles. The predicted molar refractivity (Wildman–Crippen MR) is 82.1 cm³/mol. The van der Waals surface area contributed by atoms with Crippen molar-refractivity contribution in [3.05, 3.63) is 30.1 Å². The van der Waals surface area contributed by atoms with E-state index in [4.69, 9.17) is 4.74 Å². The fourth-order valence-corrected chi connectivity index (χ4v) is 1.73. The minimum atomic E-state index is -0.291. The Labute approximate surface area is 131 Å². The third kappa shape index (κ3) is 7.63. The molecule has 1 amide bonds. The summed E-state index contributed by atoms with van der Waals surface area (Å²) in [7, 11) is 1.71. The highest BCUT2D eigenvalue weighted by atomic mass is 35.5. The predicted octanol–water partition coefficient (Wildman–Crippen LogP) is 1.00. The molecule has 1 aromatic heterocycles. The lowest BCUT2D eigenvalue weighted by Gasteiger charge is -2.22. The van der Waals surface area contributed by atoms with E-state index in [9.17, 15) is 9.59 Å². The van der Waals surface area contributed by atoms with Gasteiger partial charge in [0, 0.05) is 25.5 Å². The third-order valence-corrected chi connectivity index (χ3v) is 2.67. The second-order valence-corrected chi connectivity index (χ2v) is 4.26. The van der Waals surface area contributed by atoms with E-state index in [0.29, 0.717) is 19.7 Å². The minimum absolute atomic E-state index is 0. The molecule has 0 aliphatic heterocycles. The van der Waals surface area contributed by atoms with Crippen molar-refractivity contribution in [3.8, 4) is 0 Å². The molecule has 0 fully saturated rings. The standard InChI is InChI=1S/C14H21N3O3.ClH/c1-3-20-14(19)6-8-17(13(18)10-15-2)11-12-5-4-7-16-9-12;/h4-5,7,9,15H,3,6,8,10-11H2,1-2H3;1H. The zero-order chi connectivity index (χ0) is 14.8. The lowest BCUT2D eigenvalue weighted by atomic mass is 10.2. The van der Waals surface area contributed by atoms with E-state index >= 15 is 0 Å². The number of ether oxygens (including phenoxy) is 1. The normalized spacial score (nSPS) is 9.62. The lowest BCUT2D eigenvalue weighted by Crippen LogP contribution is -2.38. The molecule has 0 atom stereocenters. The molecule has 0 bridgehead atoms. The molecule has 0 unspecified atom stereocenters. The number of hydrogen-bond acceptors (Lipinski definition) is 5. The highest BCUT2D eigenvalue weighted by Crippen LogP contribution is 2.04. The van der Waals surface area contributed by atoms with Crippen molar-refractivity contribution in [2.45, 2.75) is 19.9 Å². The Morgan fingerprint density at radius 2 is 2.19 bits per heavy atom. The first kappa shape index (κ1) is 19.3. The summed E-state index contributed by atoms with van der Waals surface area (Å²) >= 11 is 0. The van der Waals surface area contributed by atoms with Crippen molar-refractivity contribution in [2.24, 2.45) is 0 Å². The van der Waals surface area contributed by atoms with Crippen LogP contribution in [0.1, 0.15) is 18.9 Å².